The number of hydrogen-bond acceptors (Lipinski definition) is 5. The summed E-state index contributed by atoms with van der Waals surface area (Å²) in [6, 6.07) is 1.32. The van der Waals surface area contributed by atoms with Gasteiger partial charge in [-0.25, -0.2) is 4.79 Å². The number of hydrogen-bond donors (Lipinski definition) is 4. The van der Waals surface area contributed by atoms with Crippen LogP contribution >= 0.6 is 0 Å². The van der Waals surface area contributed by atoms with Crippen molar-refractivity contribution < 1.29 is 30.0 Å². The van der Waals surface area contributed by atoms with Crippen LogP contribution in [0.15, 0.2) is 11.3 Å². The first-order chi connectivity index (χ1) is 7.90. The Morgan fingerprint density at radius 1 is 1.18 bits per heavy atom. The Bertz CT molecular complexity index is 328. The van der Waals surface area contributed by atoms with Crippen molar-refractivity contribution in [3.63, 3.8) is 0 Å². The van der Waals surface area contributed by atoms with Gasteiger partial charge in [-0.05, 0) is 13.3 Å². The quantitative estimate of drug-likeness (QED) is 0.317. The number of nitriles is 1. The fourth-order valence-corrected chi connectivity index (χ4v) is 0.768. The van der Waals surface area contributed by atoms with Crippen LogP contribution in [0, 0.1) is 11.3 Å². The molecule has 0 aliphatic rings. The number of carbonyl (C=O) groups is 2. The molecule has 0 aromatic heterocycles. The summed E-state index contributed by atoms with van der Waals surface area (Å²) in [5.41, 5.74) is -0.740. The highest BCUT2D eigenvalue weighted by atomic mass is 16.4. The van der Waals surface area contributed by atoms with Crippen LogP contribution in [0.2, 0.25) is 0 Å². The van der Waals surface area contributed by atoms with E-state index in [-0.39, 0.29) is 25.9 Å². The highest BCUT2D eigenvalue weighted by Crippen LogP contribution is 2.09. The number of allylic oxidation sites excluding steroid dienone is 1. The SMILES string of the molecule is CCO.N#C/C(C(=O)O)=C(/O)CCCC(=O)O. The normalized spacial score (nSPS) is 10.4. The molecule has 0 atom stereocenters. The third-order valence-corrected chi connectivity index (χ3v) is 1.42. The summed E-state index contributed by atoms with van der Waals surface area (Å²) in [6.45, 7) is 1.93. The van der Waals surface area contributed by atoms with Crippen LogP contribution in [-0.4, -0.2) is 39.0 Å². The Balaban J connectivity index is 0. The van der Waals surface area contributed by atoms with E-state index in [1.165, 1.54) is 6.07 Å². The average molecular weight is 245 g/mol. The first-order valence-corrected chi connectivity index (χ1v) is 4.78. The highest BCUT2D eigenvalue weighted by molar-refractivity contribution is 5.91. The van der Waals surface area contributed by atoms with Gasteiger partial charge in [0, 0.05) is 19.4 Å². The zero-order valence-electron chi connectivity index (χ0n) is 9.38. The van der Waals surface area contributed by atoms with Crippen LogP contribution in [0.25, 0.3) is 0 Å². The third-order valence-electron chi connectivity index (χ3n) is 1.42. The van der Waals surface area contributed by atoms with Crippen LogP contribution in [-0.2, 0) is 9.59 Å². The molecule has 0 radical (unpaired) electrons. The van der Waals surface area contributed by atoms with Gasteiger partial charge in [-0.15, -0.1) is 0 Å². The number of rotatable bonds is 5. The molecule has 0 saturated heterocycles. The maximum absolute atomic E-state index is 10.3. The third kappa shape index (κ3) is 10.2. The lowest BCUT2D eigenvalue weighted by Crippen LogP contribution is -2.03. The zero-order valence-corrected chi connectivity index (χ0v) is 9.38. The molecule has 4 N–H and O–H groups in total. The average Bonchev–Trinajstić information content (AvgIpc) is 2.18. The first-order valence-electron chi connectivity index (χ1n) is 4.78. The summed E-state index contributed by atoms with van der Waals surface area (Å²) < 4.78 is 0. The largest absolute Gasteiger partial charge is 0.511 e. The molecule has 0 amide bonds. The molecule has 0 fully saturated rings. The van der Waals surface area contributed by atoms with E-state index >= 15 is 0 Å². The molecular formula is C10H15NO6. The molecule has 0 aromatic rings. The Labute approximate surface area is 98.2 Å². The van der Waals surface area contributed by atoms with Crippen molar-refractivity contribution >= 4 is 11.9 Å². The van der Waals surface area contributed by atoms with Crippen molar-refractivity contribution in [3.8, 4) is 6.07 Å². The molecule has 0 saturated carbocycles. The Morgan fingerprint density at radius 2 is 1.65 bits per heavy atom. The maximum Gasteiger partial charge on any atom is 0.349 e. The van der Waals surface area contributed by atoms with Crippen molar-refractivity contribution in [3.05, 3.63) is 11.3 Å². The molecule has 0 aromatic carbocycles. The molecular weight excluding hydrogens is 230 g/mol. The predicted molar refractivity (Wildman–Crippen MR) is 57.2 cm³/mol. The predicted octanol–water partition coefficient (Wildman–Crippen LogP) is 0.660. The van der Waals surface area contributed by atoms with Crippen molar-refractivity contribution in [1.29, 1.82) is 5.26 Å². The molecule has 17 heavy (non-hydrogen) atoms. The van der Waals surface area contributed by atoms with Crippen molar-refractivity contribution in [2.45, 2.75) is 26.2 Å². The Morgan fingerprint density at radius 3 is 1.94 bits per heavy atom. The zero-order chi connectivity index (χ0) is 13.8. The molecule has 0 aliphatic heterocycles. The standard InChI is InChI=1S/C8H9NO5.C2H6O/c9-4-5(8(13)14)6(10)2-1-3-7(11)12;1-2-3/h10H,1-3H2,(H,11,12)(H,13,14);3H,2H2,1H3/b6-5-;. The lowest BCUT2D eigenvalue weighted by atomic mass is 10.1. The van der Waals surface area contributed by atoms with E-state index in [1.54, 1.807) is 6.92 Å². The second-order valence-corrected chi connectivity index (χ2v) is 2.80. The summed E-state index contributed by atoms with van der Waals surface area (Å²) >= 11 is 0. The molecule has 96 valence electrons. The van der Waals surface area contributed by atoms with Crippen LogP contribution in [0.5, 0.6) is 0 Å². The number of aliphatic hydroxyl groups excluding tert-OH is 2. The summed E-state index contributed by atoms with van der Waals surface area (Å²) in [5, 5.41) is 41.6. The summed E-state index contributed by atoms with van der Waals surface area (Å²) in [5.74, 6) is -3.13. The van der Waals surface area contributed by atoms with E-state index in [1.807, 2.05) is 0 Å². The van der Waals surface area contributed by atoms with E-state index in [0.717, 1.165) is 0 Å². The second-order valence-electron chi connectivity index (χ2n) is 2.80. The van der Waals surface area contributed by atoms with Gasteiger partial charge >= 0.3 is 11.9 Å². The Hall–Kier alpha value is -2.07. The van der Waals surface area contributed by atoms with Crippen molar-refractivity contribution in [2.75, 3.05) is 6.61 Å². The molecule has 7 nitrogen and oxygen atoms in total. The van der Waals surface area contributed by atoms with Crippen molar-refractivity contribution in [2.24, 2.45) is 0 Å². The van der Waals surface area contributed by atoms with E-state index in [0.29, 0.717) is 0 Å². The van der Waals surface area contributed by atoms with Crippen LogP contribution in [0.3, 0.4) is 0 Å². The summed E-state index contributed by atoms with van der Waals surface area (Å²) in [7, 11) is 0. The number of nitrogens with zero attached hydrogens (tertiary/aromatic N) is 1. The number of aliphatic hydroxyl groups is 2. The van der Waals surface area contributed by atoms with Gasteiger partial charge in [-0.1, -0.05) is 0 Å². The van der Waals surface area contributed by atoms with E-state index < -0.39 is 23.3 Å². The number of carboxylic acid groups (broad SMARTS) is 2. The molecule has 0 heterocycles. The lowest BCUT2D eigenvalue weighted by Gasteiger charge is -1.98. The minimum atomic E-state index is -1.51. The lowest BCUT2D eigenvalue weighted by molar-refractivity contribution is -0.137. The smallest absolute Gasteiger partial charge is 0.349 e. The van der Waals surface area contributed by atoms with Gasteiger partial charge in [0.05, 0.1) is 0 Å². The summed E-state index contributed by atoms with van der Waals surface area (Å²) in [4.78, 5) is 20.4. The van der Waals surface area contributed by atoms with Gasteiger partial charge in [-0.2, -0.15) is 5.26 Å². The van der Waals surface area contributed by atoms with Gasteiger partial charge in [0.1, 0.15) is 11.8 Å². The molecule has 0 unspecified atom stereocenters. The van der Waals surface area contributed by atoms with E-state index in [4.69, 9.17) is 25.7 Å². The van der Waals surface area contributed by atoms with E-state index in [9.17, 15) is 9.59 Å². The minimum Gasteiger partial charge on any atom is -0.511 e. The first kappa shape index (κ1) is 17.3. The van der Waals surface area contributed by atoms with Gasteiger partial charge in [0.25, 0.3) is 0 Å². The van der Waals surface area contributed by atoms with Gasteiger partial charge in [-0.3, -0.25) is 4.79 Å². The fraction of sp³-hybridized carbons (Fsp3) is 0.500. The van der Waals surface area contributed by atoms with Crippen LogP contribution in [0.1, 0.15) is 26.2 Å². The highest BCUT2D eigenvalue weighted by Gasteiger charge is 2.13. The molecule has 0 spiro atoms. The maximum atomic E-state index is 10.3. The minimum absolute atomic E-state index is 0.0969. The monoisotopic (exact) mass is 245 g/mol. The van der Waals surface area contributed by atoms with E-state index in [2.05, 4.69) is 0 Å². The number of carboxylic acids is 2. The van der Waals surface area contributed by atoms with Crippen LogP contribution < -0.4 is 0 Å². The topological polar surface area (TPSA) is 139 Å². The molecule has 0 bridgehead atoms. The molecule has 7 heteroatoms. The second kappa shape index (κ2) is 10.4. The van der Waals surface area contributed by atoms with Crippen LogP contribution in [0.4, 0.5) is 0 Å². The molecule has 0 rings (SSSR count). The Kier molecular flexibility index (Phi) is 10.6. The summed E-state index contributed by atoms with van der Waals surface area (Å²) in [6.07, 6.45) is -0.205. The van der Waals surface area contributed by atoms with Crippen molar-refractivity contribution in [1.82, 2.24) is 0 Å². The fourth-order valence-electron chi connectivity index (χ4n) is 0.768. The number of aliphatic carboxylic acids is 2. The van der Waals surface area contributed by atoms with Gasteiger partial charge in [0.15, 0.2) is 5.57 Å². The van der Waals surface area contributed by atoms with Gasteiger partial charge in [0.2, 0.25) is 0 Å². The molecule has 0 aliphatic carbocycles. The van der Waals surface area contributed by atoms with Gasteiger partial charge < -0.3 is 20.4 Å².